The molecule has 0 unspecified atom stereocenters. The molecule has 1 aliphatic carbocycles. The van der Waals surface area contributed by atoms with Gasteiger partial charge < -0.3 is 4.90 Å². The summed E-state index contributed by atoms with van der Waals surface area (Å²) in [6.45, 7) is 1.83. The van der Waals surface area contributed by atoms with Crippen molar-refractivity contribution < 1.29 is 4.79 Å². The maximum atomic E-state index is 11.9. The number of aryl methyl sites for hydroxylation is 1. The molecule has 0 fully saturated rings. The van der Waals surface area contributed by atoms with Crippen LogP contribution in [0, 0.1) is 0 Å². The molecule has 0 saturated heterocycles. The molecule has 0 radical (unpaired) electrons. The minimum Gasteiger partial charge on any atom is -0.339 e. The zero-order valence-electron chi connectivity index (χ0n) is 10.6. The second kappa shape index (κ2) is 4.17. The van der Waals surface area contributed by atoms with Crippen LogP contribution in [0.4, 0.5) is 5.13 Å². The highest BCUT2D eigenvalue weighted by Gasteiger charge is 2.26. The van der Waals surface area contributed by atoms with Crippen molar-refractivity contribution >= 4 is 22.3 Å². The second-order valence-electron chi connectivity index (χ2n) is 5.17. The first-order chi connectivity index (χ1) is 9.31. The van der Waals surface area contributed by atoms with Crippen LogP contribution >= 0.6 is 11.3 Å². The Hall–Kier alpha value is -1.68. The van der Waals surface area contributed by atoms with E-state index >= 15 is 0 Å². The Morgan fingerprint density at radius 2 is 1.84 bits per heavy atom. The fourth-order valence-corrected chi connectivity index (χ4v) is 3.98. The molecule has 96 valence electrons. The number of benzene rings is 1. The van der Waals surface area contributed by atoms with Crippen molar-refractivity contribution in [1.82, 2.24) is 4.98 Å². The summed E-state index contributed by atoms with van der Waals surface area (Å²) in [7, 11) is 0. The third-order valence-electron chi connectivity index (χ3n) is 3.87. The lowest BCUT2D eigenvalue weighted by atomic mass is 10.0. The normalized spacial score (nSPS) is 17.5. The fraction of sp³-hybridized carbons (Fsp3) is 0.333. The van der Waals surface area contributed by atoms with Gasteiger partial charge in [-0.15, -0.1) is 11.3 Å². The lowest BCUT2D eigenvalue weighted by molar-refractivity contribution is 0.0968. The van der Waals surface area contributed by atoms with Gasteiger partial charge in [0.1, 0.15) is 5.69 Å². The van der Waals surface area contributed by atoms with Gasteiger partial charge in [0.2, 0.25) is 0 Å². The first-order valence-corrected chi connectivity index (χ1v) is 7.47. The van der Waals surface area contributed by atoms with E-state index in [4.69, 9.17) is 0 Å². The van der Waals surface area contributed by atoms with Gasteiger partial charge in [-0.1, -0.05) is 24.3 Å². The van der Waals surface area contributed by atoms with Crippen molar-refractivity contribution in [2.24, 2.45) is 0 Å². The van der Waals surface area contributed by atoms with Crippen LogP contribution < -0.4 is 4.90 Å². The van der Waals surface area contributed by atoms with Gasteiger partial charge in [-0.25, -0.2) is 4.98 Å². The number of nitrogens with zero attached hydrogens (tertiary/aromatic N) is 2. The highest BCUT2D eigenvalue weighted by atomic mass is 32.1. The maximum absolute atomic E-state index is 11.9. The van der Waals surface area contributed by atoms with Gasteiger partial charge in [0.15, 0.2) is 10.9 Å². The van der Waals surface area contributed by atoms with Gasteiger partial charge in [-0.3, -0.25) is 4.79 Å². The molecule has 4 rings (SSSR count). The number of hydrogen-bond acceptors (Lipinski definition) is 4. The van der Waals surface area contributed by atoms with Crippen LogP contribution in [0.15, 0.2) is 24.3 Å². The Morgan fingerprint density at radius 1 is 1.11 bits per heavy atom. The highest BCUT2D eigenvalue weighted by molar-refractivity contribution is 7.16. The third-order valence-corrected chi connectivity index (χ3v) is 5.05. The van der Waals surface area contributed by atoms with Crippen LogP contribution in [0.2, 0.25) is 0 Å². The van der Waals surface area contributed by atoms with Gasteiger partial charge in [0.05, 0.1) is 0 Å². The number of hydrogen-bond donors (Lipinski definition) is 0. The summed E-state index contributed by atoms with van der Waals surface area (Å²) in [6, 6.07) is 8.51. The molecule has 2 aliphatic rings. The second-order valence-corrected chi connectivity index (χ2v) is 6.23. The summed E-state index contributed by atoms with van der Waals surface area (Å²) in [5.41, 5.74) is 3.49. The van der Waals surface area contributed by atoms with E-state index < -0.39 is 0 Å². The number of thiazole rings is 1. The van der Waals surface area contributed by atoms with E-state index in [1.54, 1.807) is 11.3 Å². The monoisotopic (exact) mass is 270 g/mol. The fourth-order valence-electron chi connectivity index (χ4n) is 2.86. The third kappa shape index (κ3) is 1.78. The summed E-state index contributed by atoms with van der Waals surface area (Å²) < 4.78 is 0. The number of Topliss-reactive ketones (excluding diaryl/α,β-unsaturated/α-hetero) is 1. The van der Waals surface area contributed by atoms with Crippen molar-refractivity contribution in [2.75, 3.05) is 4.90 Å². The predicted octanol–water partition coefficient (Wildman–Crippen LogP) is 3.18. The van der Waals surface area contributed by atoms with Gasteiger partial charge in [-0.2, -0.15) is 0 Å². The molecule has 1 aromatic carbocycles. The molecule has 0 atom stereocenters. The van der Waals surface area contributed by atoms with Crippen molar-refractivity contribution in [2.45, 2.75) is 32.4 Å². The summed E-state index contributed by atoms with van der Waals surface area (Å²) >= 11 is 1.70. The highest BCUT2D eigenvalue weighted by Crippen LogP contribution is 2.35. The molecular weight excluding hydrogens is 256 g/mol. The Bertz CT molecular complexity index is 637. The van der Waals surface area contributed by atoms with Gasteiger partial charge in [0, 0.05) is 24.4 Å². The van der Waals surface area contributed by atoms with Crippen LogP contribution in [-0.4, -0.2) is 10.8 Å². The van der Waals surface area contributed by atoms with E-state index in [-0.39, 0.29) is 5.78 Å². The van der Waals surface area contributed by atoms with Gasteiger partial charge >= 0.3 is 0 Å². The summed E-state index contributed by atoms with van der Waals surface area (Å²) in [6.07, 6.45) is 2.66. The number of carbonyl (C=O) groups excluding carboxylic acids is 1. The van der Waals surface area contributed by atoms with E-state index in [1.807, 2.05) is 0 Å². The lowest BCUT2D eigenvalue weighted by Crippen LogP contribution is -2.14. The van der Waals surface area contributed by atoms with Crippen LogP contribution in [0.3, 0.4) is 0 Å². The Morgan fingerprint density at radius 3 is 2.53 bits per heavy atom. The molecule has 3 nitrogen and oxygen atoms in total. The topological polar surface area (TPSA) is 33.2 Å². The summed E-state index contributed by atoms with van der Waals surface area (Å²) in [5, 5.41) is 1.01. The molecule has 19 heavy (non-hydrogen) atoms. The maximum Gasteiger partial charge on any atom is 0.186 e. The zero-order chi connectivity index (χ0) is 12.8. The van der Waals surface area contributed by atoms with Crippen molar-refractivity contribution in [3.05, 3.63) is 46.0 Å². The van der Waals surface area contributed by atoms with E-state index in [9.17, 15) is 4.79 Å². The van der Waals surface area contributed by atoms with Crippen LogP contribution in [0.1, 0.15) is 39.3 Å². The van der Waals surface area contributed by atoms with Gasteiger partial charge in [-0.05, 0) is 24.0 Å². The Kier molecular flexibility index (Phi) is 2.45. The molecule has 2 aromatic rings. The standard InChI is InChI=1S/C15H14N2OS/c18-12-6-3-7-13-14(12)16-15(19-13)17-8-10-4-1-2-5-11(10)9-17/h1-2,4-5H,3,6-9H2. The molecule has 0 bridgehead atoms. The number of aromatic nitrogens is 1. The number of anilines is 1. The molecule has 0 saturated carbocycles. The zero-order valence-corrected chi connectivity index (χ0v) is 11.4. The largest absolute Gasteiger partial charge is 0.339 e. The van der Waals surface area contributed by atoms with E-state index in [2.05, 4.69) is 34.1 Å². The smallest absolute Gasteiger partial charge is 0.186 e. The number of fused-ring (bicyclic) bond motifs is 2. The van der Waals surface area contributed by atoms with Crippen molar-refractivity contribution in [3.63, 3.8) is 0 Å². The van der Waals surface area contributed by atoms with E-state index in [0.717, 1.165) is 36.8 Å². The van der Waals surface area contributed by atoms with E-state index in [0.29, 0.717) is 6.42 Å². The number of carbonyl (C=O) groups is 1. The molecule has 2 heterocycles. The Labute approximate surface area is 115 Å². The lowest BCUT2D eigenvalue weighted by Gasteiger charge is -2.12. The molecule has 1 aliphatic heterocycles. The van der Waals surface area contributed by atoms with Crippen molar-refractivity contribution in [1.29, 1.82) is 0 Å². The van der Waals surface area contributed by atoms with Crippen LogP contribution in [0.5, 0.6) is 0 Å². The van der Waals surface area contributed by atoms with Crippen LogP contribution in [-0.2, 0) is 19.5 Å². The molecule has 0 amide bonds. The van der Waals surface area contributed by atoms with Crippen LogP contribution in [0.25, 0.3) is 0 Å². The molecule has 0 N–H and O–H groups in total. The first kappa shape index (κ1) is 11.2. The molecule has 1 aromatic heterocycles. The summed E-state index contributed by atoms with van der Waals surface area (Å²) in [4.78, 5) is 19.9. The quantitative estimate of drug-likeness (QED) is 0.798. The average molecular weight is 270 g/mol. The SMILES string of the molecule is O=C1CCCc2sc(N3Cc4ccccc4C3)nc21. The minimum atomic E-state index is 0.223. The van der Waals surface area contributed by atoms with Crippen molar-refractivity contribution in [3.8, 4) is 0 Å². The first-order valence-electron chi connectivity index (χ1n) is 6.66. The molecule has 0 spiro atoms. The number of rotatable bonds is 1. The predicted molar refractivity (Wildman–Crippen MR) is 75.7 cm³/mol. The Balaban J connectivity index is 1.67. The van der Waals surface area contributed by atoms with E-state index in [1.165, 1.54) is 16.0 Å². The molecular formula is C15H14N2OS. The molecule has 4 heteroatoms. The average Bonchev–Trinajstić information content (AvgIpc) is 3.02. The van der Waals surface area contributed by atoms with Gasteiger partial charge in [0.25, 0.3) is 0 Å². The number of ketones is 1. The minimum absolute atomic E-state index is 0.223. The summed E-state index contributed by atoms with van der Waals surface area (Å²) in [5.74, 6) is 0.223.